The number of amidine groups is 1. The quantitative estimate of drug-likeness (QED) is 0.0166. The van der Waals surface area contributed by atoms with Crippen molar-refractivity contribution >= 4 is 57.0 Å². The number of rotatable bonds is 11. The fraction of sp³-hybridized carbons (Fsp3) is 0. The molecule has 4 aromatic rings. The molecule has 4 rings (SSSR count). The fourth-order valence-electron chi connectivity index (χ4n) is 3.22. The van der Waals surface area contributed by atoms with Gasteiger partial charge >= 0.3 is 94.3 Å². The first-order valence-corrected chi connectivity index (χ1v) is 13.5. The van der Waals surface area contributed by atoms with Crippen molar-refractivity contribution in [2.24, 2.45) is 15.3 Å². The van der Waals surface area contributed by atoms with Crippen molar-refractivity contribution in [3.8, 4) is 5.75 Å². The zero-order valence-corrected chi connectivity index (χ0v) is 30.1. The molecule has 0 radical (unpaired) electrons. The number of carboxylic acids is 1. The minimum absolute atomic E-state index is 0. The zero-order valence-electron chi connectivity index (χ0n) is 23.5. The first-order valence-electron chi connectivity index (χ1n) is 11.4. The van der Waals surface area contributed by atoms with E-state index in [-0.39, 0.29) is 104 Å². The number of hydrogen-bond donors (Lipinski definition) is 3. The Hall–Kier alpha value is -2.67. The fourth-order valence-corrected chi connectivity index (χ4v) is 4.13. The standard InChI is InChI=1S/C23H16F2N8O9S2.Cu.2Na/c24-21-27-22(25)29-23(28-21)26-16-9-13(44(38,39)40)10-17(18(16)34)31-33-19(11-4-2-1-3-5-11)32-30-15-7-6-12(43-42-41-37)8-14(15)20(35)36;;;/h1-10H,(H6,26,27,28,29,30,31,32,33,34,35,36,37,38,39,40);;;/q;3*+1/p-3. The number of aromatic nitrogens is 3. The maximum atomic E-state index is 13.4. The number of nitrogens with zero attached hydrogens (tertiary/aromatic N) is 7. The molecule has 0 saturated carbocycles. The predicted octanol–water partition coefficient (Wildman–Crippen LogP) is -2.41. The number of benzene rings is 3. The normalized spacial score (nSPS) is 11.2. The Balaban J connectivity index is 0.00000368. The molecular formula is C23H13CuF2N8Na2O9S2. The van der Waals surface area contributed by atoms with Gasteiger partial charge in [0.25, 0.3) is 0 Å². The van der Waals surface area contributed by atoms with Crippen LogP contribution in [0.5, 0.6) is 5.75 Å². The van der Waals surface area contributed by atoms with Crippen LogP contribution in [0.3, 0.4) is 0 Å². The Morgan fingerprint density at radius 3 is 2.28 bits per heavy atom. The topological polar surface area (TPSA) is 258 Å². The van der Waals surface area contributed by atoms with Crippen molar-refractivity contribution in [1.29, 1.82) is 0 Å². The molecule has 24 heteroatoms. The van der Waals surface area contributed by atoms with Crippen LogP contribution in [0.2, 0.25) is 0 Å². The van der Waals surface area contributed by atoms with Gasteiger partial charge in [0.05, 0.1) is 22.6 Å². The number of aromatic carboxylic acids is 1. The number of hydrogen-bond acceptors (Lipinski definition) is 15. The largest absolute Gasteiger partial charge is 1.00 e. The minimum Gasteiger partial charge on any atom is -0.744 e. The number of phenols is 1. The van der Waals surface area contributed by atoms with Crippen LogP contribution in [-0.4, -0.2) is 49.9 Å². The molecule has 1 aromatic heterocycles. The molecule has 238 valence electrons. The Kier molecular flexibility index (Phi) is 17.4. The molecule has 17 nitrogen and oxygen atoms in total. The summed E-state index contributed by atoms with van der Waals surface area (Å²) in [7, 11) is -5.18. The molecule has 0 fully saturated rings. The van der Waals surface area contributed by atoms with E-state index in [2.05, 4.69) is 50.4 Å². The van der Waals surface area contributed by atoms with Crippen LogP contribution < -0.4 is 69.7 Å². The first kappa shape index (κ1) is 42.4. The van der Waals surface area contributed by atoms with E-state index in [0.29, 0.717) is 24.2 Å². The van der Waals surface area contributed by atoms with Gasteiger partial charge < -0.3 is 35.9 Å². The molecule has 0 bridgehead atoms. The Morgan fingerprint density at radius 1 is 1.02 bits per heavy atom. The van der Waals surface area contributed by atoms with E-state index < -0.39 is 56.2 Å². The van der Waals surface area contributed by atoms with Crippen LogP contribution in [0, 0.1) is 12.2 Å². The van der Waals surface area contributed by atoms with Crippen molar-refractivity contribution in [3.05, 3.63) is 89.4 Å². The summed E-state index contributed by atoms with van der Waals surface area (Å²) in [5, 5.41) is 47.4. The molecule has 0 aliphatic heterocycles. The second-order valence-corrected chi connectivity index (χ2v) is 10.1. The molecule has 3 aromatic carbocycles. The monoisotopic (exact) mass is 756 g/mol. The summed E-state index contributed by atoms with van der Waals surface area (Å²) in [6.45, 7) is 0. The minimum atomic E-state index is -5.18. The van der Waals surface area contributed by atoms with Crippen molar-refractivity contribution in [3.63, 3.8) is 0 Å². The summed E-state index contributed by atoms with van der Waals surface area (Å²) in [4.78, 5) is 20.1. The third kappa shape index (κ3) is 12.1. The molecular weight excluding hydrogens is 744 g/mol. The van der Waals surface area contributed by atoms with Crippen molar-refractivity contribution in [2.45, 2.75) is 9.79 Å². The number of aromatic hydroxyl groups is 1. The van der Waals surface area contributed by atoms with E-state index in [4.69, 9.17) is 0 Å². The van der Waals surface area contributed by atoms with Crippen LogP contribution in [-0.2, 0) is 36.6 Å². The van der Waals surface area contributed by atoms with Crippen molar-refractivity contribution in [1.82, 2.24) is 15.0 Å². The molecule has 0 saturated heterocycles. The number of carbonyl (C=O) groups is 1. The molecule has 3 N–H and O–H groups in total. The Bertz CT molecular complexity index is 1860. The maximum Gasteiger partial charge on any atom is 1.00 e. The zero-order chi connectivity index (χ0) is 31.9. The van der Waals surface area contributed by atoms with Gasteiger partial charge in [-0.25, -0.2) is 13.2 Å². The van der Waals surface area contributed by atoms with Crippen LogP contribution in [0.1, 0.15) is 15.9 Å². The van der Waals surface area contributed by atoms with E-state index in [1.165, 1.54) is 24.3 Å². The summed E-state index contributed by atoms with van der Waals surface area (Å²) in [6, 6.07) is 12.9. The van der Waals surface area contributed by atoms with Crippen LogP contribution >= 0.6 is 12.0 Å². The van der Waals surface area contributed by atoms with E-state index in [9.17, 15) is 42.0 Å². The molecule has 0 spiro atoms. The van der Waals surface area contributed by atoms with Crippen molar-refractivity contribution in [2.75, 3.05) is 5.32 Å². The van der Waals surface area contributed by atoms with Gasteiger partial charge in [0, 0.05) is 16.0 Å². The number of phenolic OH excluding ortho intramolecular Hbond substituents is 1. The third-order valence-electron chi connectivity index (χ3n) is 5.07. The van der Waals surface area contributed by atoms with Gasteiger partial charge in [-0.2, -0.15) is 28.1 Å². The predicted molar refractivity (Wildman–Crippen MR) is 141 cm³/mol. The molecule has 0 unspecified atom stereocenters. The molecule has 1 heterocycles. The van der Waals surface area contributed by atoms with Gasteiger partial charge in [-0.05, 0) is 24.3 Å². The summed E-state index contributed by atoms with van der Waals surface area (Å²) in [5.41, 5.74) is 2.42. The van der Waals surface area contributed by atoms with E-state index >= 15 is 0 Å². The van der Waals surface area contributed by atoms with E-state index in [0.717, 1.165) is 6.07 Å². The summed E-state index contributed by atoms with van der Waals surface area (Å²) >= 11 is 0.444. The Morgan fingerprint density at radius 2 is 1.68 bits per heavy atom. The summed E-state index contributed by atoms with van der Waals surface area (Å²) < 4.78 is 66.4. The van der Waals surface area contributed by atoms with Crippen LogP contribution in [0.25, 0.3) is 5.43 Å². The van der Waals surface area contributed by atoms with Crippen LogP contribution in [0.4, 0.5) is 31.8 Å². The van der Waals surface area contributed by atoms with Gasteiger partial charge in [-0.3, -0.25) is 5.04 Å². The number of nitrogens with one attached hydrogen (secondary N) is 1. The summed E-state index contributed by atoms with van der Waals surface area (Å²) in [5.74, 6) is -3.33. The second kappa shape index (κ2) is 19.4. The average Bonchev–Trinajstić information content (AvgIpc) is 2.97. The van der Waals surface area contributed by atoms with Crippen molar-refractivity contribution < 1.29 is 128 Å². The summed E-state index contributed by atoms with van der Waals surface area (Å²) in [6.07, 6.45) is -3.08. The third-order valence-corrected chi connectivity index (χ3v) is 6.46. The molecule has 0 amide bonds. The van der Waals surface area contributed by atoms with Crippen LogP contribution in [0.15, 0.2) is 85.8 Å². The number of carboxylic acid groups (broad SMARTS) is 1. The van der Waals surface area contributed by atoms with Gasteiger partial charge in [0.15, 0.2) is 11.6 Å². The molecule has 47 heavy (non-hydrogen) atoms. The van der Waals surface area contributed by atoms with Gasteiger partial charge in [0.1, 0.15) is 15.8 Å². The SMILES string of the molecule is O=C(O)c1cc(SOO[O-])ccc1[N-]/N=C(\N=Nc1cc(S(=O)(=O)[O-])cc(Nc2nc(F)nc(F)n2)c1O)c1ccccc1.[Cu+].[Na+].[Na+]. The number of anilines is 2. The second-order valence-electron chi connectivity index (χ2n) is 7.91. The molecule has 0 atom stereocenters. The van der Waals surface area contributed by atoms with Gasteiger partial charge in [0.2, 0.25) is 5.95 Å². The average molecular weight is 757 g/mol. The molecule has 0 aliphatic rings. The molecule has 0 aliphatic carbocycles. The number of halogens is 2. The number of azo groups is 1. The van der Waals surface area contributed by atoms with E-state index in [1.807, 2.05) is 0 Å². The van der Waals surface area contributed by atoms with Gasteiger partial charge in [-0.1, -0.05) is 36.4 Å². The smallest absolute Gasteiger partial charge is 0.744 e. The first-order chi connectivity index (χ1) is 20.9. The maximum absolute atomic E-state index is 13.4. The van der Waals surface area contributed by atoms with Gasteiger partial charge in [-0.15, -0.1) is 15.9 Å². The van der Waals surface area contributed by atoms with E-state index in [1.54, 1.807) is 18.2 Å². The Labute approximate surface area is 322 Å².